The molecule has 1 fully saturated rings. The highest BCUT2D eigenvalue weighted by atomic mass is 16.1. The molecular formula is C10H18O. The molecule has 1 heteroatoms. The summed E-state index contributed by atoms with van der Waals surface area (Å²) in [6, 6.07) is 0. The predicted molar refractivity (Wildman–Crippen MR) is 46.4 cm³/mol. The standard InChI is InChI=1S/C10H18O/c1-9(2)4-7-10(8-11)5-3-6-10/h8-9H,3-7H2,1-2H3. The van der Waals surface area contributed by atoms with Crippen LogP contribution in [0.5, 0.6) is 0 Å². The summed E-state index contributed by atoms with van der Waals surface area (Å²) in [5, 5.41) is 0. The average molecular weight is 154 g/mol. The summed E-state index contributed by atoms with van der Waals surface area (Å²) >= 11 is 0. The number of rotatable bonds is 4. The van der Waals surface area contributed by atoms with Crippen molar-refractivity contribution in [3.8, 4) is 0 Å². The van der Waals surface area contributed by atoms with Gasteiger partial charge in [-0.25, -0.2) is 0 Å². The normalized spacial score (nSPS) is 21.4. The van der Waals surface area contributed by atoms with E-state index in [4.69, 9.17) is 0 Å². The van der Waals surface area contributed by atoms with Gasteiger partial charge in [0.15, 0.2) is 0 Å². The van der Waals surface area contributed by atoms with Gasteiger partial charge in [0, 0.05) is 5.41 Å². The third-order valence-electron chi connectivity index (χ3n) is 2.82. The number of carbonyl (C=O) groups excluding carboxylic acids is 1. The zero-order chi connectivity index (χ0) is 8.32. The van der Waals surface area contributed by atoms with Gasteiger partial charge in [0.25, 0.3) is 0 Å². The quantitative estimate of drug-likeness (QED) is 0.569. The van der Waals surface area contributed by atoms with E-state index in [-0.39, 0.29) is 5.41 Å². The molecule has 1 nitrogen and oxygen atoms in total. The molecule has 0 unspecified atom stereocenters. The molecule has 1 aliphatic rings. The summed E-state index contributed by atoms with van der Waals surface area (Å²) in [6.07, 6.45) is 7.06. The molecule has 0 spiro atoms. The van der Waals surface area contributed by atoms with Crippen LogP contribution >= 0.6 is 0 Å². The Morgan fingerprint density at radius 1 is 1.45 bits per heavy atom. The zero-order valence-electron chi connectivity index (χ0n) is 7.60. The van der Waals surface area contributed by atoms with Gasteiger partial charge in [0.1, 0.15) is 6.29 Å². The predicted octanol–water partition coefficient (Wildman–Crippen LogP) is 2.79. The summed E-state index contributed by atoms with van der Waals surface area (Å²) in [4.78, 5) is 10.7. The summed E-state index contributed by atoms with van der Waals surface area (Å²) in [7, 11) is 0. The van der Waals surface area contributed by atoms with Crippen molar-refractivity contribution in [1.29, 1.82) is 0 Å². The van der Waals surface area contributed by atoms with Crippen molar-refractivity contribution in [2.75, 3.05) is 0 Å². The Bertz CT molecular complexity index is 134. The van der Waals surface area contributed by atoms with Crippen molar-refractivity contribution in [1.82, 2.24) is 0 Å². The van der Waals surface area contributed by atoms with Gasteiger partial charge >= 0.3 is 0 Å². The molecule has 0 radical (unpaired) electrons. The minimum Gasteiger partial charge on any atom is -0.303 e. The van der Waals surface area contributed by atoms with Crippen molar-refractivity contribution in [2.24, 2.45) is 11.3 Å². The topological polar surface area (TPSA) is 17.1 Å². The fourth-order valence-corrected chi connectivity index (χ4v) is 1.63. The summed E-state index contributed by atoms with van der Waals surface area (Å²) < 4.78 is 0. The minimum atomic E-state index is 0.115. The minimum absolute atomic E-state index is 0.115. The molecule has 0 bridgehead atoms. The lowest BCUT2D eigenvalue weighted by Gasteiger charge is -2.37. The molecule has 1 rings (SSSR count). The highest BCUT2D eigenvalue weighted by molar-refractivity contribution is 5.60. The van der Waals surface area contributed by atoms with E-state index in [1.54, 1.807) is 0 Å². The van der Waals surface area contributed by atoms with Crippen molar-refractivity contribution >= 4 is 6.29 Å². The maximum atomic E-state index is 10.7. The van der Waals surface area contributed by atoms with Crippen molar-refractivity contribution < 1.29 is 4.79 Å². The Kier molecular flexibility index (Phi) is 2.69. The number of hydrogen-bond donors (Lipinski definition) is 0. The van der Waals surface area contributed by atoms with E-state index in [0.717, 1.165) is 25.2 Å². The molecular weight excluding hydrogens is 136 g/mol. The van der Waals surface area contributed by atoms with Crippen molar-refractivity contribution in [2.45, 2.75) is 46.0 Å². The van der Waals surface area contributed by atoms with Crippen LogP contribution in [0.25, 0.3) is 0 Å². The van der Waals surface area contributed by atoms with Crippen LogP contribution in [0.4, 0.5) is 0 Å². The van der Waals surface area contributed by atoms with Crippen LogP contribution in [0.3, 0.4) is 0 Å². The number of aldehydes is 1. The van der Waals surface area contributed by atoms with Crippen LogP contribution < -0.4 is 0 Å². The Morgan fingerprint density at radius 3 is 2.36 bits per heavy atom. The van der Waals surface area contributed by atoms with Gasteiger partial charge in [0.2, 0.25) is 0 Å². The summed E-state index contributed by atoms with van der Waals surface area (Å²) in [6.45, 7) is 4.44. The number of hydrogen-bond acceptors (Lipinski definition) is 1. The van der Waals surface area contributed by atoms with Gasteiger partial charge in [-0.2, -0.15) is 0 Å². The second-order valence-corrected chi connectivity index (χ2v) is 4.27. The summed E-state index contributed by atoms with van der Waals surface area (Å²) in [5.41, 5.74) is 0.115. The van der Waals surface area contributed by atoms with E-state index in [2.05, 4.69) is 13.8 Å². The maximum Gasteiger partial charge on any atom is 0.126 e. The molecule has 0 atom stereocenters. The lowest BCUT2D eigenvalue weighted by atomic mass is 9.66. The molecule has 0 aromatic heterocycles. The lowest BCUT2D eigenvalue weighted by Crippen LogP contribution is -2.31. The lowest BCUT2D eigenvalue weighted by molar-refractivity contribution is -0.121. The van der Waals surface area contributed by atoms with Gasteiger partial charge in [-0.05, 0) is 25.2 Å². The average Bonchev–Trinajstić information content (AvgIpc) is 1.86. The van der Waals surface area contributed by atoms with E-state index in [0.29, 0.717) is 0 Å². The summed E-state index contributed by atoms with van der Waals surface area (Å²) in [5.74, 6) is 0.743. The Morgan fingerprint density at radius 2 is 2.09 bits per heavy atom. The monoisotopic (exact) mass is 154 g/mol. The molecule has 0 saturated heterocycles. The van der Waals surface area contributed by atoms with Gasteiger partial charge < -0.3 is 4.79 Å². The maximum absolute atomic E-state index is 10.7. The Balaban J connectivity index is 2.27. The smallest absolute Gasteiger partial charge is 0.126 e. The zero-order valence-corrected chi connectivity index (χ0v) is 7.60. The molecule has 0 N–H and O–H groups in total. The van der Waals surface area contributed by atoms with E-state index in [1.165, 1.54) is 19.1 Å². The first-order valence-corrected chi connectivity index (χ1v) is 4.65. The van der Waals surface area contributed by atoms with E-state index >= 15 is 0 Å². The first-order chi connectivity index (χ1) is 5.18. The van der Waals surface area contributed by atoms with Gasteiger partial charge in [-0.15, -0.1) is 0 Å². The molecule has 1 aliphatic carbocycles. The van der Waals surface area contributed by atoms with Crippen molar-refractivity contribution in [3.05, 3.63) is 0 Å². The highest BCUT2D eigenvalue weighted by Crippen LogP contribution is 2.43. The van der Waals surface area contributed by atoms with Crippen LogP contribution in [-0.4, -0.2) is 6.29 Å². The third-order valence-corrected chi connectivity index (χ3v) is 2.82. The van der Waals surface area contributed by atoms with Crippen LogP contribution in [-0.2, 0) is 4.79 Å². The van der Waals surface area contributed by atoms with Crippen LogP contribution in [0, 0.1) is 11.3 Å². The first kappa shape index (κ1) is 8.76. The fourth-order valence-electron chi connectivity index (χ4n) is 1.63. The molecule has 0 aliphatic heterocycles. The van der Waals surface area contributed by atoms with Crippen LogP contribution in [0.15, 0.2) is 0 Å². The second kappa shape index (κ2) is 3.38. The molecule has 0 amide bonds. The third kappa shape index (κ3) is 2.05. The molecule has 0 heterocycles. The largest absolute Gasteiger partial charge is 0.303 e. The fraction of sp³-hybridized carbons (Fsp3) is 0.900. The van der Waals surface area contributed by atoms with E-state index < -0.39 is 0 Å². The van der Waals surface area contributed by atoms with E-state index in [1.807, 2.05) is 0 Å². The van der Waals surface area contributed by atoms with Gasteiger partial charge in [-0.1, -0.05) is 26.7 Å². The molecule has 1 saturated carbocycles. The Labute approximate surface area is 69.2 Å². The highest BCUT2D eigenvalue weighted by Gasteiger charge is 2.35. The van der Waals surface area contributed by atoms with Crippen LogP contribution in [0.1, 0.15) is 46.0 Å². The van der Waals surface area contributed by atoms with E-state index in [9.17, 15) is 4.79 Å². The molecule has 64 valence electrons. The molecule has 0 aromatic carbocycles. The second-order valence-electron chi connectivity index (χ2n) is 4.27. The van der Waals surface area contributed by atoms with Crippen LogP contribution in [0.2, 0.25) is 0 Å². The Hall–Kier alpha value is -0.330. The first-order valence-electron chi connectivity index (χ1n) is 4.65. The number of carbonyl (C=O) groups is 1. The molecule has 11 heavy (non-hydrogen) atoms. The van der Waals surface area contributed by atoms with Gasteiger partial charge in [0.05, 0.1) is 0 Å². The van der Waals surface area contributed by atoms with Gasteiger partial charge in [-0.3, -0.25) is 0 Å². The SMILES string of the molecule is CC(C)CCC1(C=O)CCC1. The van der Waals surface area contributed by atoms with Crippen molar-refractivity contribution in [3.63, 3.8) is 0 Å². The molecule has 0 aromatic rings.